The van der Waals surface area contributed by atoms with Crippen LogP contribution in [0.5, 0.6) is 0 Å². The highest BCUT2D eigenvalue weighted by Crippen LogP contribution is 2.30. The Kier molecular flexibility index (Phi) is 6.45. The summed E-state index contributed by atoms with van der Waals surface area (Å²) >= 11 is 1.50. The van der Waals surface area contributed by atoms with Crippen molar-refractivity contribution in [2.75, 3.05) is 0 Å². The van der Waals surface area contributed by atoms with Gasteiger partial charge in [-0.25, -0.2) is 9.97 Å². The molecule has 0 aliphatic heterocycles. The van der Waals surface area contributed by atoms with Crippen molar-refractivity contribution in [1.82, 2.24) is 25.5 Å². The Morgan fingerprint density at radius 2 is 1.89 bits per heavy atom. The quantitative estimate of drug-likeness (QED) is 0.318. The highest BCUT2D eigenvalue weighted by Gasteiger charge is 2.29. The number of thiazole rings is 1. The van der Waals surface area contributed by atoms with E-state index in [1.165, 1.54) is 17.6 Å². The summed E-state index contributed by atoms with van der Waals surface area (Å²) in [6.45, 7) is 4.09. The van der Waals surface area contributed by atoms with Gasteiger partial charge in [0.15, 0.2) is 0 Å². The fourth-order valence-electron chi connectivity index (χ4n) is 3.78. The predicted octanol–water partition coefficient (Wildman–Crippen LogP) is 4.50. The third-order valence-corrected chi connectivity index (χ3v) is 6.48. The molecule has 0 aliphatic rings. The smallest absolute Gasteiger partial charge is 0.251 e. The van der Waals surface area contributed by atoms with Crippen molar-refractivity contribution in [3.63, 3.8) is 0 Å². The molecule has 0 radical (unpaired) electrons. The highest BCUT2D eigenvalue weighted by atomic mass is 32.1. The van der Waals surface area contributed by atoms with E-state index in [0.717, 1.165) is 16.3 Å². The first kappa shape index (κ1) is 23.6. The Morgan fingerprint density at radius 1 is 1.11 bits per heavy atom. The minimum atomic E-state index is -0.876. The van der Waals surface area contributed by atoms with Crippen LogP contribution in [0.3, 0.4) is 0 Å². The van der Waals surface area contributed by atoms with Gasteiger partial charge in [0.1, 0.15) is 11.3 Å². The topological polar surface area (TPSA) is 133 Å². The van der Waals surface area contributed by atoms with Gasteiger partial charge in [-0.3, -0.25) is 4.79 Å². The number of carbonyl (C=O) groups is 1. The van der Waals surface area contributed by atoms with Crippen LogP contribution in [-0.4, -0.2) is 26.1 Å². The Bertz CT molecular complexity index is 1470. The van der Waals surface area contributed by atoms with Crippen LogP contribution >= 0.6 is 11.3 Å². The summed E-state index contributed by atoms with van der Waals surface area (Å²) in [5.41, 5.74) is 9.21. The number of nitrogens with two attached hydrogens (primary N) is 1. The van der Waals surface area contributed by atoms with Gasteiger partial charge >= 0.3 is 0 Å². The summed E-state index contributed by atoms with van der Waals surface area (Å²) in [4.78, 5) is 21.6. The van der Waals surface area contributed by atoms with Gasteiger partial charge < -0.3 is 19.9 Å². The van der Waals surface area contributed by atoms with E-state index in [1.54, 1.807) is 24.4 Å². The third kappa shape index (κ3) is 5.24. The average molecular weight is 501 g/mol. The van der Waals surface area contributed by atoms with E-state index >= 15 is 0 Å². The molecule has 182 valence electrons. The maximum Gasteiger partial charge on any atom is 0.251 e. The monoisotopic (exact) mass is 500 g/mol. The lowest BCUT2D eigenvalue weighted by molar-refractivity contribution is 0.0951. The molecule has 9 nitrogen and oxygen atoms in total. The molecule has 3 heterocycles. The molecule has 1 atom stereocenters. The number of nitrogens with one attached hydrogen (secondary N) is 1. The van der Waals surface area contributed by atoms with E-state index in [1.807, 2.05) is 49.6 Å². The van der Waals surface area contributed by atoms with Crippen molar-refractivity contribution in [3.05, 3.63) is 94.1 Å². The van der Waals surface area contributed by atoms with Crippen molar-refractivity contribution in [2.45, 2.75) is 32.4 Å². The molecule has 3 aromatic heterocycles. The summed E-state index contributed by atoms with van der Waals surface area (Å²) in [6.07, 6.45) is 3.54. The van der Waals surface area contributed by atoms with Crippen LogP contribution in [-0.2, 0) is 18.5 Å². The summed E-state index contributed by atoms with van der Waals surface area (Å²) < 4.78 is 11.5. The van der Waals surface area contributed by atoms with E-state index < -0.39 is 5.54 Å². The van der Waals surface area contributed by atoms with Gasteiger partial charge in [0.25, 0.3) is 5.91 Å². The number of nitrogens with zero attached hydrogens (tertiary/aromatic N) is 4. The van der Waals surface area contributed by atoms with Crippen LogP contribution in [0.1, 0.15) is 39.4 Å². The maximum absolute atomic E-state index is 13.0. The zero-order valence-corrected chi connectivity index (χ0v) is 20.6. The first-order valence-electron chi connectivity index (χ1n) is 11.3. The molecule has 0 aliphatic carbocycles. The van der Waals surface area contributed by atoms with Crippen molar-refractivity contribution in [1.29, 1.82) is 0 Å². The molecular weight excluding hydrogens is 476 g/mol. The molecule has 1 unspecified atom stereocenters. The van der Waals surface area contributed by atoms with E-state index in [2.05, 4.69) is 25.5 Å². The Labute approximate surface area is 211 Å². The molecule has 0 saturated heterocycles. The molecule has 1 amide bonds. The molecule has 0 bridgehead atoms. The second-order valence-electron chi connectivity index (χ2n) is 8.69. The lowest BCUT2D eigenvalue weighted by atomic mass is 9.94. The third-order valence-electron chi connectivity index (χ3n) is 5.52. The van der Waals surface area contributed by atoms with Gasteiger partial charge in [0.05, 0.1) is 18.3 Å². The lowest BCUT2D eigenvalue weighted by Crippen LogP contribution is -2.35. The summed E-state index contributed by atoms with van der Waals surface area (Å²) in [5, 5.41) is 14.1. The second kappa shape index (κ2) is 9.84. The number of hydrogen-bond acceptors (Lipinski definition) is 9. The van der Waals surface area contributed by atoms with E-state index in [0.29, 0.717) is 41.4 Å². The Morgan fingerprint density at radius 3 is 2.58 bits per heavy atom. The number of benzene rings is 2. The molecule has 10 heteroatoms. The number of hydrogen-bond donors (Lipinski definition) is 2. The van der Waals surface area contributed by atoms with Gasteiger partial charge in [-0.1, -0.05) is 30.3 Å². The van der Waals surface area contributed by atoms with Crippen LogP contribution in [0, 0.1) is 6.92 Å². The molecule has 0 saturated carbocycles. The minimum absolute atomic E-state index is 0.243. The number of aryl methyl sites for hydroxylation is 1. The number of oxazole rings is 1. The Balaban J connectivity index is 1.44. The van der Waals surface area contributed by atoms with Gasteiger partial charge in [0.2, 0.25) is 17.7 Å². The molecule has 2 aromatic carbocycles. The Hall–Kier alpha value is -4.15. The van der Waals surface area contributed by atoms with Crippen LogP contribution in [0.25, 0.3) is 22.9 Å². The predicted molar refractivity (Wildman–Crippen MR) is 135 cm³/mol. The molecular formula is C26H24N6O3S. The lowest BCUT2D eigenvalue weighted by Gasteiger charge is -2.20. The minimum Gasteiger partial charge on any atom is -0.445 e. The average Bonchev–Trinajstić information content (AvgIpc) is 3.65. The van der Waals surface area contributed by atoms with Crippen LogP contribution in [0.4, 0.5) is 0 Å². The van der Waals surface area contributed by atoms with Crippen molar-refractivity contribution >= 4 is 17.2 Å². The van der Waals surface area contributed by atoms with Crippen LogP contribution in [0.2, 0.25) is 0 Å². The van der Waals surface area contributed by atoms with Gasteiger partial charge in [0, 0.05) is 27.8 Å². The first-order chi connectivity index (χ1) is 17.4. The molecule has 3 N–H and O–H groups in total. The second-order valence-corrected chi connectivity index (χ2v) is 9.64. The van der Waals surface area contributed by atoms with E-state index in [9.17, 15) is 4.79 Å². The van der Waals surface area contributed by atoms with Crippen molar-refractivity contribution < 1.29 is 13.6 Å². The van der Waals surface area contributed by atoms with Crippen LogP contribution in [0.15, 0.2) is 75.2 Å². The number of rotatable bonds is 8. The molecule has 5 rings (SSSR count). The maximum atomic E-state index is 13.0. The van der Waals surface area contributed by atoms with Crippen molar-refractivity contribution in [2.24, 2.45) is 5.73 Å². The van der Waals surface area contributed by atoms with Gasteiger partial charge in [-0.2, -0.15) is 0 Å². The zero-order chi connectivity index (χ0) is 25.1. The summed E-state index contributed by atoms with van der Waals surface area (Å²) in [6, 6.07) is 15.1. The highest BCUT2D eigenvalue weighted by molar-refractivity contribution is 7.09. The normalized spacial score (nSPS) is 12.9. The molecule has 36 heavy (non-hydrogen) atoms. The van der Waals surface area contributed by atoms with Crippen LogP contribution < -0.4 is 11.1 Å². The fraction of sp³-hybridized carbons (Fsp3) is 0.192. The van der Waals surface area contributed by atoms with E-state index in [-0.39, 0.29) is 11.8 Å². The largest absolute Gasteiger partial charge is 0.445 e. The summed E-state index contributed by atoms with van der Waals surface area (Å²) in [7, 11) is 0. The summed E-state index contributed by atoms with van der Waals surface area (Å²) in [5.74, 6) is 0.639. The standard InChI is InChI=1S/C26H24N6O3S/c1-16-15-36-21(30-16)14-29-22(33)18-10-19(23-28-8-9-34-23)12-20(11-18)24-31-32-25(35-24)26(2,27)13-17-6-4-3-5-7-17/h3-12,15H,13-14,27H2,1-2H3,(H,29,33). The number of carbonyl (C=O) groups excluding carboxylic acids is 1. The van der Waals surface area contributed by atoms with Crippen molar-refractivity contribution in [3.8, 4) is 22.9 Å². The molecule has 5 aromatic rings. The molecule has 0 spiro atoms. The number of amides is 1. The first-order valence-corrected chi connectivity index (χ1v) is 12.2. The van der Waals surface area contributed by atoms with Gasteiger partial charge in [-0.05, 0) is 44.0 Å². The van der Waals surface area contributed by atoms with E-state index in [4.69, 9.17) is 14.6 Å². The molecule has 0 fully saturated rings. The van der Waals surface area contributed by atoms with Gasteiger partial charge in [-0.15, -0.1) is 21.5 Å². The SMILES string of the molecule is Cc1csc(CNC(=O)c2cc(-c3ncco3)cc(-c3nnc(C(C)(N)Cc4ccccc4)o3)c2)n1. The fourth-order valence-corrected chi connectivity index (χ4v) is 4.49. The number of aromatic nitrogens is 4. The zero-order valence-electron chi connectivity index (χ0n) is 19.8.